The average Bonchev–Trinajstić information content (AvgIpc) is 3.40. The fourth-order valence-electron chi connectivity index (χ4n) is 4.86. The van der Waals surface area contributed by atoms with Gasteiger partial charge in [0.25, 0.3) is 5.91 Å². The first-order valence-electron chi connectivity index (χ1n) is 13.8. The summed E-state index contributed by atoms with van der Waals surface area (Å²) in [7, 11) is 3.18. The van der Waals surface area contributed by atoms with Gasteiger partial charge in [0.1, 0.15) is 18.4 Å². The zero-order valence-corrected chi connectivity index (χ0v) is 25.2. The number of fused-ring (bicyclic) bond motifs is 1. The summed E-state index contributed by atoms with van der Waals surface area (Å²) in [6, 6.07) is 20.7. The molecule has 0 bridgehead atoms. The van der Waals surface area contributed by atoms with E-state index in [-0.39, 0.29) is 5.91 Å². The lowest BCUT2D eigenvalue weighted by Crippen LogP contribution is -2.31. The van der Waals surface area contributed by atoms with Crippen molar-refractivity contribution in [3.8, 4) is 17.2 Å². The highest BCUT2D eigenvalue weighted by molar-refractivity contribution is 7.99. The number of para-hydroxylation sites is 2. The van der Waals surface area contributed by atoms with Gasteiger partial charge in [0.05, 0.1) is 25.5 Å². The van der Waals surface area contributed by atoms with Crippen LogP contribution in [0.2, 0.25) is 0 Å². The van der Waals surface area contributed by atoms with Crippen molar-refractivity contribution in [1.82, 2.24) is 14.8 Å². The standard InChI is InChI=1S/C32H35N5O4S/c1-6-16-42-32-35-31-33-21(3)28(30(38)34-24-12-7-8-13-25(24)39-4)29(37(31)36-32)23-14-15-26(27(18-23)40-5)41-19-22-11-9-10-20(2)17-22/h7-15,17-18,29H,6,16,19H2,1-5H3,(H,34,38)(H,33,35,36). The summed E-state index contributed by atoms with van der Waals surface area (Å²) in [6.07, 6.45) is 0.996. The SMILES string of the molecule is CCCSc1nc2n(n1)C(c1ccc(OCc3cccc(C)c3)c(OC)c1)C(C(=O)Nc1ccccc1OC)=C(C)N2. The van der Waals surface area contributed by atoms with Crippen molar-refractivity contribution in [3.05, 3.63) is 94.7 Å². The van der Waals surface area contributed by atoms with E-state index >= 15 is 0 Å². The number of carbonyl (C=O) groups is 1. The number of thioether (sulfide) groups is 1. The van der Waals surface area contributed by atoms with Crippen LogP contribution in [-0.4, -0.2) is 40.6 Å². The third kappa shape index (κ3) is 6.23. The van der Waals surface area contributed by atoms with Crippen LogP contribution in [-0.2, 0) is 11.4 Å². The number of ether oxygens (including phenoxy) is 3. The van der Waals surface area contributed by atoms with Crippen molar-refractivity contribution in [2.45, 2.75) is 45.0 Å². The minimum Gasteiger partial charge on any atom is -0.495 e. The predicted octanol–water partition coefficient (Wildman–Crippen LogP) is 6.61. The van der Waals surface area contributed by atoms with Gasteiger partial charge in [-0.1, -0.05) is 66.7 Å². The van der Waals surface area contributed by atoms with E-state index in [0.717, 1.165) is 23.3 Å². The van der Waals surface area contributed by atoms with Gasteiger partial charge in [0.2, 0.25) is 11.1 Å². The van der Waals surface area contributed by atoms with Crippen LogP contribution in [0.5, 0.6) is 17.2 Å². The molecule has 9 nitrogen and oxygen atoms in total. The first kappa shape index (κ1) is 29.1. The largest absolute Gasteiger partial charge is 0.495 e. The van der Waals surface area contributed by atoms with Gasteiger partial charge in [-0.3, -0.25) is 4.79 Å². The molecule has 1 amide bonds. The summed E-state index contributed by atoms with van der Waals surface area (Å²) in [5, 5.41) is 11.8. The summed E-state index contributed by atoms with van der Waals surface area (Å²) in [5.41, 5.74) is 4.80. The molecule has 218 valence electrons. The van der Waals surface area contributed by atoms with Gasteiger partial charge >= 0.3 is 0 Å². The number of amides is 1. The quantitative estimate of drug-likeness (QED) is 0.190. The normalized spacial score (nSPS) is 14.2. The van der Waals surface area contributed by atoms with E-state index < -0.39 is 6.04 Å². The number of nitrogens with one attached hydrogen (secondary N) is 2. The average molecular weight is 586 g/mol. The number of carbonyl (C=O) groups excluding carboxylic acids is 1. The fraction of sp³-hybridized carbons (Fsp3) is 0.281. The summed E-state index contributed by atoms with van der Waals surface area (Å²) in [5.74, 6) is 2.92. The van der Waals surface area contributed by atoms with Crippen molar-refractivity contribution in [1.29, 1.82) is 0 Å². The summed E-state index contributed by atoms with van der Waals surface area (Å²) < 4.78 is 19.1. The minimum atomic E-state index is -0.570. The minimum absolute atomic E-state index is 0.280. The number of aryl methyl sites for hydroxylation is 1. The zero-order chi connectivity index (χ0) is 29.6. The monoisotopic (exact) mass is 585 g/mol. The number of allylic oxidation sites excluding steroid dienone is 1. The Bertz CT molecular complexity index is 1620. The lowest BCUT2D eigenvalue weighted by atomic mass is 9.94. The number of rotatable bonds is 11. The molecule has 0 saturated heterocycles. The topological polar surface area (TPSA) is 99.5 Å². The molecule has 5 rings (SSSR count). The highest BCUT2D eigenvalue weighted by atomic mass is 32.2. The molecular weight excluding hydrogens is 550 g/mol. The lowest BCUT2D eigenvalue weighted by molar-refractivity contribution is -0.113. The smallest absolute Gasteiger partial charge is 0.255 e. The maximum absolute atomic E-state index is 13.9. The molecule has 1 unspecified atom stereocenters. The number of hydrogen-bond donors (Lipinski definition) is 2. The van der Waals surface area contributed by atoms with Crippen molar-refractivity contribution >= 4 is 29.3 Å². The Morgan fingerprint density at radius 2 is 1.81 bits per heavy atom. The van der Waals surface area contributed by atoms with Crippen LogP contribution in [0, 0.1) is 6.92 Å². The van der Waals surface area contributed by atoms with Crippen molar-refractivity contribution in [2.24, 2.45) is 0 Å². The van der Waals surface area contributed by atoms with E-state index in [1.54, 1.807) is 36.7 Å². The molecule has 42 heavy (non-hydrogen) atoms. The molecule has 1 aromatic heterocycles. The molecule has 1 aliphatic rings. The van der Waals surface area contributed by atoms with Crippen molar-refractivity contribution < 1.29 is 19.0 Å². The van der Waals surface area contributed by atoms with E-state index in [9.17, 15) is 4.79 Å². The Morgan fingerprint density at radius 3 is 2.57 bits per heavy atom. The second-order valence-corrected chi connectivity index (χ2v) is 11.0. The molecular formula is C32H35N5O4S. The van der Waals surface area contributed by atoms with Crippen LogP contribution in [0.25, 0.3) is 0 Å². The summed E-state index contributed by atoms with van der Waals surface area (Å²) in [6.45, 7) is 6.45. The molecule has 10 heteroatoms. The Hall–Kier alpha value is -4.44. The number of nitrogens with zero attached hydrogens (tertiary/aromatic N) is 3. The van der Waals surface area contributed by atoms with Gasteiger partial charge in [0, 0.05) is 11.4 Å². The predicted molar refractivity (Wildman–Crippen MR) is 166 cm³/mol. The van der Waals surface area contributed by atoms with Crippen LogP contribution in [0.4, 0.5) is 11.6 Å². The van der Waals surface area contributed by atoms with Crippen LogP contribution in [0.15, 0.2) is 83.2 Å². The highest BCUT2D eigenvalue weighted by Crippen LogP contribution is 2.40. The molecule has 3 aromatic carbocycles. The molecule has 0 saturated carbocycles. The van der Waals surface area contributed by atoms with E-state index in [2.05, 4.69) is 36.6 Å². The number of aromatic nitrogens is 3. The number of benzene rings is 3. The van der Waals surface area contributed by atoms with Crippen LogP contribution in [0.1, 0.15) is 43.0 Å². The lowest BCUT2D eigenvalue weighted by Gasteiger charge is -2.29. The van der Waals surface area contributed by atoms with E-state index in [1.165, 1.54) is 5.56 Å². The van der Waals surface area contributed by atoms with E-state index in [1.807, 2.05) is 55.5 Å². The van der Waals surface area contributed by atoms with Gasteiger partial charge in [-0.2, -0.15) is 4.98 Å². The third-order valence-corrected chi connectivity index (χ3v) is 7.89. The first-order chi connectivity index (χ1) is 20.4. The summed E-state index contributed by atoms with van der Waals surface area (Å²) >= 11 is 1.58. The maximum Gasteiger partial charge on any atom is 0.255 e. The molecule has 2 N–H and O–H groups in total. The molecule has 0 spiro atoms. The van der Waals surface area contributed by atoms with E-state index in [4.69, 9.17) is 24.3 Å². The molecule has 4 aromatic rings. The molecule has 1 atom stereocenters. The van der Waals surface area contributed by atoms with Gasteiger partial charge in [-0.25, -0.2) is 4.68 Å². The molecule has 0 fully saturated rings. The van der Waals surface area contributed by atoms with Gasteiger partial charge in [0.15, 0.2) is 11.5 Å². The maximum atomic E-state index is 13.9. The van der Waals surface area contributed by atoms with Gasteiger partial charge in [-0.05, 0) is 55.7 Å². The van der Waals surface area contributed by atoms with Crippen molar-refractivity contribution in [3.63, 3.8) is 0 Å². The fourth-order valence-corrected chi connectivity index (χ4v) is 5.55. The van der Waals surface area contributed by atoms with Gasteiger partial charge in [-0.15, -0.1) is 5.10 Å². The third-order valence-electron chi connectivity index (χ3n) is 6.85. The summed E-state index contributed by atoms with van der Waals surface area (Å²) in [4.78, 5) is 18.7. The second-order valence-electron chi connectivity index (χ2n) is 9.92. The molecule has 2 heterocycles. The van der Waals surface area contributed by atoms with Gasteiger partial charge < -0.3 is 24.8 Å². The van der Waals surface area contributed by atoms with Crippen LogP contribution < -0.4 is 24.8 Å². The number of hydrogen-bond acceptors (Lipinski definition) is 8. The van der Waals surface area contributed by atoms with E-state index in [0.29, 0.717) is 51.9 Å². The number of methoxy groups -OCH3 is 2. The van der Waals surface area contributed by atoms with Crippen molar-refractivity contribution in [2.75, 3.05) is 30.6 Å². The van der Waals surface area contributed by atoms with Crippen LogP contribution >= 0.6 is 11.8 Å². The highest BCUT2D eigenvalue weighted by Gasteiger charge is 2.35. The zero-order valence-electron chi connectivity index (χ0n) is 24.4. The molecule has 0 radical (unpaired) electrons. The van der Waals surface area contributed by atoms with Crippen LogP contribution in [0.3, 0.4) is 0 Å². The Labute approximate surface area is 250 Å². The Balaban J connectivity index is 1.52. The second kappa shape index (κ2) is 13.0. The number of anilines is 2. The Kier molecular flexibility index (Phi) is 9.02. The molecule has 1 aliphatic heterocycles. The molecule has 0 aliphatic carbocycles. The first-order valence-corrected chi connectivity index (χ1v) is 14.8. The Morgan fingerprint density at radius 1 is 1.00 bits per heavy atom.